The highest BCUT2D eigenvalue weighted by Crippen LogP contribution is 2.22. The van der Waals surface area contributed by atoms with Gasteiger partial charge < -0.3 is 15.6 Å². The second-order valence-corrected chi connectivity index (χ2v) is 3.87. The Morgan fingerprint density at radius 2 is 2.06 bits per heavy atom. The van der Waals surface area contributed by atoms with E-state index in [1.54, 1.807) is 6.92 Å². The lowest BCUT2D eigenvalue weighted by Crippen LogP contribution is -2.22. The van der Waals surface area contributed by atoms with Crippen molar-refractivity contribution < 1.29 is 14.6 Å². The van der Waals surface area contributed by atoms with Crippen LogP contribution in [0.25, 0.3) is 0 Å². The van der Waals surface area contributed by atoms with Crippen LogP contribution in [0.1, 0.15) is 25.0 Å². The monoisotopic (exact) mass is 235 g/mol. The van der Waals surface area contributed by atoms with E-state index in [-0.39, 0.29) is 0 Å². The predicted octanol–water partition coefficient (Wildman–Crippen LogP) is 2.15. The van der Waals surface area contributed by atoms with E-state index in [1.165, 1.54) is 0 Å². The molecule has 92 valence electrons. The van der Waals surface area contributed by atoms with Crippen LogP contribution in [0.15, 0.2) is 42.5 Å². The minimum atomic E-state index is -0.840. The summed E-state index contributed by atoms with van der Waals surface area (Å²) >= 11 is 0. The highest BCUT2D eigenvalue weighted by molar-refractivity contribution is 5.65. The molecule has 1 rings (SSSR count). The highest BCUT2D eigenvalue weighted by atomic mass is 16.6. The van der Waals surface area contributed by atoms with Crippen molar-refractivity contribution in [3.05, 3.63) is 48.0 Å². The first-order valence-electron chi connectivity index (χ1n) is 5.37. The molecule has 0 heterocycles. The smallest absolute Gasteiger partial charge is 0.405 e. The van der Waals surface area contributed by atoms with Gasteiger partial charge in [-0.1, -0.05) is 36.9 Å². The number of amides is 1. The molecule has 0 bridgehead atoms. The summed E-state index contributed by atoms with van der Waals surface area (Å²) < 4.78 is 4.78. The maximum Gasteiger partial charge on any atom is 0.405 e. The number of carbonyl (C=O) groups is 1. The second kappa shape index (κ2) is 6.06. The molecule has 1 aromatic rings. The standard InChI is InChI=1S/C13H17NO3/c1-9(10(2)17-13(14)16)8-12(15)11-6-4-3-5-7-11/h3-7,10,12,15H,1,8H2,2H3,(H2,14,16)/t10-,12-/m1/s1. The number of aliphatic hydroxyl groups is 1. The molecule has 0 aromatic heterocycles. The SMILES string of the molecule is C=C(C[C@@H](O)c1ccccc1)[C@@H](C)OC(N)=O. The first-order valence-corrected chi connectivity index (χ1v) is 5.37. The molecule has 3 N–H and O–H groups in total. The predicted molar refractivity (Wildman–Crippen MR) is 65.3 cm³/mol. The van der Waals surface area contributed by atoms with E-state index >= 15 is 0 Å². The van der Waals surface area contributed by atoms with Crippen LogP contribution >= 0.6 is 0 Å². The number of hydrogen-bond acceptors (Lipinski definition) is 3. The summed E-state index contributed by atoms with van der Waals surface area (Å²) in [5.41, 5.74) is 6.34. The van der Waals surface area contributed by atoms with Gasteiger partial charge in [-0.25, -0.2) is 4.79 Å². The van der Waals surface area contributed by atoms with Crippen molar-refractivity contribution in [1.29, 1.82) is 0 Å². The Balaban J connectivity index is 2.54. The van der Waals surface area contributed by atoms with Gasteiger partial charge in [-0.05, 0) is 18.1 Å². The Morgan fingerprint density at radius 3 is 2.59 bits per heavy atom. The summed E-state index contributed by atoms with van der Waals surface area (Å²) in [5.74, 6) is 0. The zero-order chi connectivity index (χ0) is 12.8. The Morgan fingerprint density at radius 1 is 1.47 bits per heavy atom. The number of nitrogens with two attached hydrogens (primary N) is 1. The molecule has 1 aromatic carbocycles. The number of rotatable bonds is 5. The largest absolute Gasteiger partial charge is 0.442 e. The minimum Gasteiger partial charge on any atom is -0.442 e. The number of ether oxygens (including phenoxy) is 1. The number of hydrogen-bond donors (Lipinski definition) is 2. The molecule has 0 aliphatic heterocycles. The summed E-state index contributed by atoms with van der Waals surface area (Å²) in [6.45, 7) is 5.45. The Kier molecular flexibility index (Phi) is 4.72. The summed E-state index contributed by atoms with van der Waals surface area (Å²) in [7, 11) is 0. The Labute approximate surface area is 101 Å². The van der Waals surface area contributed by atoms with Gasteiger partial charge in [0.15, 0.2) is 0 Å². The molecule has 0 saturated heterocycles. The summed E-state index contributed by atoms with van der Waals surface area (Å²) in [6, 6.07) is 9.24. The van der Waals surface area contributed by atoms with Crippen LogP contribution in [-0.4, -0.2) is 17.3 Å². The van der Waals surface area contributed by atoms with Gasteiger partial charge in [-0.15, -0.1) is 0 Å². The van der Waals surface area contributed by atoms with E-state index in [4.69, 9.17) is 10.5 Å². The topological polar surface area (TPSA) is 72.6 Å². The third kappa shape index (κ3) is 4.28. The molecular formula is C13H17NO3. The molecule has 0 unspecified atom stereocenters. The van der Waals surface area contributed by atoms with Gasteiger partial charge in [0.25, 0.3) is 0 Å². The third-order valence-electron chi connectivity index (χ3n) is 2.51. The average molecular weight is 235 g/mol. The molecule has 2 atom stereocenters. The number of primary amides is 1. The van der Waals surface area contributed by atoms with Crippen molar-refractivity contribution in [2.24, 2.45) is 5.73 Å². The fourth-order valence-corrected chi connectivity index (χ4v) is 1.46. The van der Waals surface area contributed by atoms with Gasteiger partial charge in [-0.2, -0.15) is 0 Å². The van der Waals surface area contributed by atoms with Gasteiger partial charge in [-0.3, -0.25) is 0 Å². The van der Waals surface area contributed by atoms with Gasteiger partial charge in [0.05, 0.1) is 6.10 Å². The van der Waals surface area contributed by atoms with Crippen LogP contribution in [0.4, 0.5) is 4.79 Å². The van der Waals surface area contributed by atoms with Crippen molar-refractivity contribution in [2.75, 3.05) is 0 Å². The van der Waals surface area contributed by atoms with Crippen LogP contribution in [0, 0.1) is 0 Å². The van der Waals surface area contributed by atoms with Crippen molar-refractivity contribution in [3.63, 3.8) is 0 Å². The lowest BCUT2D eigenvalue weighted by molar-refractivity contribution is 0.120. The van der Waals surface area contributed by atoms with Crippen LogP contribution in [-0.2, 0) is 4.74 Å². The van der Waals surface area contributed by atoms with Crippen molar-refractivity contribution >= 4 is 6.09 Å². The van der Waals surface area contributed by atoms with E-state index in [1.807, 2.05) is 30.3 Å². The van der Waals surface area contributed by atoms with Crippen molar-refractivity contribution in [2.45, 2.75) is 25.6 Å². The molecule has 0 fully saturated rings. The van der Waals surface area contributed by atoms with Crippen LogP contribution in [0.3, 0.4) is 0 Å². The Bertz CT molecular complexity index is 389. The maximum atomic E-state index is 10.6. The Hall–Kier alpha value is -1.81. The molecule has 1 amide bonds. The van der Waals surface area contributed by atoms with E-state index < -0.39 is 18.3 Å². The fraction of sp³-hybridized carbons (Fsp3) is 0.308. The van der Waals surface area contributed by atoms with E-state index in [0.29, 0.717) is 12.0 Å². The van der Waals surface area contributed by atoms with Crippen molar-refractivity contribution in [3.8, 4) is 0 Å². The van der Waals surface area contributed by atoms with Crippen LogP contribution in [0.5, 0.6) is 0 Å². The maximum absolute atomic E-state index is 10.6. The molecular weight excluding hydrogens is 218 g/mol. The molecule has 0 aliphatic rings. The average Bonchev–Trinajstić information content (AvgIpc) is 2.29. The number of benzene rings is 1. The molecule has 0 radical (unpaired) electrons. The third-order valence-corrected chi connectivity index (χ3v) is 2.51. The van der Waals surface area contributed by atoms with Gasteiger partial charge in [0.1, 0.15) is 6.10 Å². The molecule has 0 spiro atoms. The molecule has 4 nitrogen and oxygen atoms in total. The summed E-state index contributed by atoms with van der Waals surface area (Å²) in [6.07, 6.45) is -1.65. The lowest BCUT2D eigenvalue weighted by atomic mass is 10.00. The zero-order valence-corrected chi connectivity index (χ0v) is 9.80. The first-order chi connectivity index (χ1) is 8.00. The first kappa shape index (κ1) is 13.3. The van der Waals surface area contributed by atoms with E-state index in [2.05, 4.69) is 6.58 Å². The van der Waals surface area contributed by atoms with Crippen LogP contribution < -0.4 is 5.73 Å². The fourth-order valence-electron chi connectivity index (χ4n) is 1.46. The lowest BCUT2D eigenvalue weighted by Gasteiger charge is -2.17. The molecule has 0 saturated carbocycles. The zero-order valence-electron chi connectivity index (χ0n) is 9.80. The van der Waals surface area contributed by atoms with Crippen molar-refractivity contribution in [1.82, 2.24) is 0 Å². The summed E-state index contributed by atoms with van der Waals surface area (Å²) in [5, 5.41) is 9.94. The molecule has 17 heavy (non-hydrogen) atoms. The minimum absolute atomic E-state index is 0.332. The number of aliphatic hydroxyl groups excluding tert-OH is 1. The quantitative estimate of drug-likeness (QED) is 0.768. The normalized spacial score (nSPS) is 13.8. The molecule has 4 heteroatoms. The number of carbonyl (C=O) groups excluding carboxylic acids is 1. The summed E-state index contributed by atoms with van der Waals surface area (Å²) in [4.78, 5) is 10.6. The van der Waals surface area contributed by atoms with Gasteiger partial charge in [0.2, 0.25) is 0 Å². The molecule has 0 aliphatic carbocycles. The van der Waals surface area contributed by atoms with Gasteiger partial charge >= 0.3 is 6.09 Å². The van der Waals surface area contributed by atoms with Gasteiger partial charge in [0, 0.05) is 6.42 Å². The van der Waals surface area contributed by atoms with Crippen LogP contribution in [0.2, 0.25) is 0 Å². The van der Waals surface area contributed by atoms with E-state index in [9.17, 15) is 9.90 Å². The second-order valence-electron chi connectivity index (χ2n) is 3.87. The van der Waals surface area contributed by atoms with E-state index in [0.717, 1.165) is 5.56 Å². The highest BCUT2D eigenvalue weighted by Gasteiger charge is 2.15.